The Hall–Kier alpha value is -1.91. The van der Waals surface area contributed by atoms with Crippen molar-refractivity contribution in [1.82, 2.24) is 5.32 Å². The van der Waals surface area contributed by atoms with Crippen molar-refractivity contribution in [3.63, 3.8) is 0 Å². The average molecular weight is 293 g/mol. The van der Waals surface area contributed by atoms with Gasteiger partial charge in [0, 0.05) is 12.1 Å². The summed E-state index contributed by atoms with van der Waals surface area (Å²) in [5.41, 5.74) is -0.677. The van der Waals surface area contributed by atoms with Crippen LogP contribution in [-0.4, -0.2) is 23.5 Å². The van der Waals surface area contributed by atoms with Gasteiger partial charge in [-0.25, -0.2) is 4.39 Å². The van der Waals surface area contributed by atoms with Gasteiger partial charge in [-0.2, -0.15) is 0 Å². The van der Waals surface area contributed by atoms with Crippen LogP contribution in [0, 0.1) is 11.2 Å². The molecule has 1 amide bonds. The minimum atomic E-state index is -0.889. The lowest BCUT2D eigenvalue weighted by molar-refractivity contribution is -0.149. The summed E-state index contributed by atoms with van der Waals surface area (Å²) in [7, 11) is 0. The molecule has 21 heavy (non-hydrogen) atoms. The zero-order chi connectivity index (χ0) is 15.3. The maximum Gasteiger partial charge on any atom is 0.311 e. The number of carboxylic acids is 1. The Morgan fingerprint density at radius 3 is 2.43 bits per heavy atom. The van der Waals surface area contributed by atoms with Crippen LogP contribution in [0.25, 0.3) is 0 Å². The number of hydrogen-bond donors (Lipinski definition) is 2. The summed E-state index contributed by atoms with van der Waals surface area (Å²) < 4.78 is 13.1. The molecule has 1 saturated carbocycles. The summed E-state index contributed by atoms with van der Waals surface area (Å²) in [4.78, 5) is 23.6. The van der Waals surface area contributed by atoms with Gasteiger partial charge in [0.25, 0.3) is 5.91 Å². The summed E-state index contributed by atoms with van der Waals surface area (Å²) in [5, 5.41) is 12.2. The smallest absolute Gasteiger partial charge is 0.311 e. The molecule has 1 aromatic rings. The molecule has 1 aliphatic carbocycles. The van der Waals surface area contributed by atoms with E-state index in [9.17, 15) is 19.1 Å². The SMILES string of the molecule is O=C(NCC1(C(=O)O)CCCCCC1)c1cccc(F)c1. The van der Waals surface area contributed by atoms with E-state index >= 15 is 0 Å². The van der Waals surface area contributed by atoms with Crippen molar-refractivity contribution in [1.29, 1.82) is 0 Å². The van der Waals surface area contributed by atoms with Crippen molar-refractivity contribution in [2.45, 2.75) is 38.5 Å². The number of rotatable bonds is 4. The first-order valence-corrected chi connectivity index (χ1v) is 7.31. The van der Waals surface area contributed by atoms with E-state index in [1.54, 1.807) is 0 Å². The normalized spacial score (nSPS) is 17.8. The molecule has 1 aromatic carbocycles. The lowest BCUT2D eigenvalue weighted by Crippen LogP contribution is -2.42. The molecule has 0 spiro atoms. The van der Waals surface area contributed by atoms with Crippen molar-refractivity contribution in [2.75, 3.05) is 6.54 Å². The summed E-state index contributed by atoms with van der Waals surface area (Å²) in [5.74, 6) is -1.77. The van der Waals surface area contributed by atoms with E-state index in [0.717, 1.165) is 31.7 Å². The average Bonchev–Trinajstić information content (AvgIpc) is 2.71. The predicted octanol–water partition coefficient (Wildman–Crippen LogP) is 2.98. The highest BCUT2D eigenvalue weighted by atomic mass is 19.1. The maximum atomic E-state index is 13.1. The van der Waals surface area contributed by atoms with Crippen molar-refractivity contribution >= 4 is 11.9 Å². The van der Waals surface area contributed by atoms with E-state index in [4.69, 9.17) is 0 Å². The summed E-state index contributed by atoms with van der Waals surface area (Å²) in [6.45, 7) is 0.0949. The number of hydrogen-bond acceptors (Lipinski definition) is 2. The molecule has 114 valence electrons. The lowest BCUT2D eigenvalue weighted by Gasteiger charge is -2.28. The molecule has 2 N–H and O–H groups in total. The zero-order valence-electron chi connectivity index (χ0n) is 11.9. The number of carbonyl (C=O) groups excluding carboxylic acids is 1. The standard InChI is InChI=1S/C16H20FNO3/c17-13-7-5-6-12(10-13)14(19)18-11-16(15(20)21)8-3-1-2-4-9-16/h5-7,10H,1-4,8-9,11H2,(H,18,19)(H,20,21). The molecule has 0 aromatic heterocycles. The second-order valence-electron chi connectivity index (χ2n) is 5.69. The fourth-order valence-electron chi connectivity index (χ4n) is 2.85. The lowest BCUT2D eigenvalue weighted by atomic mass is 9.80. The highest BCUT2D eigenvalue weighted by Crippen LogP contribution is 2.34. The van der Waals surface area contributed by atoms with E-state index in [0.29, 0.717) is 12.8 Å². The van der Waals surface area contributed by atoms with Gasteiger partial charge < -0.3 is 10.4 Å². The number of halogens is 1. The maximum absolute atomic E-state index is 13.1. The largest absolute Gasteiger partial charge is 0.481 e. The Balaban J connectivity index is 2.04. The van der Waals surface area contributed by atoms with Crippen molar-refractivity contribution < 1.29 is 19.1 Å². The van der Waals surface area contributed by atoms with E-state index in [-0.39, 0.29) is 12.1 Å². The first-order chi connectivity index (χ1) is 10.0. The van der Waals surface area contributed by atoms with Crippen LogP contribution in [0.2, 0.25) is 0 Å². The van der Waals surface area contributed by atoms with Crippen LogP contribution in [0.4, 0.5) is 4.39 Å². The van der Waals surface area contributed by atoms with Crippen molar-refractivity contribution in [3.05, 3.63) is 35.6 Å². The van der Waals surface area contributed by atoms with Gasteiger partial charge in [0.2, 0.25) is 0 Å². The number of aliphatic carboxylic acids is 1. The Morgan fingerprint density at radius 1 is 1.19 bits per heavy atom. The number of benzene rings is 1. The molecular formula is C16H20FNO3. The molecule has 0 heterocycles. The quantitative estimate of drug-likeness (QED) is 0.839. The minimum absolute atomic E-state index is 0.0949. The van der Waals surface area contributed by atoms with Crippen LogP contribution >= 0.6 is 0 Å². The predicted molar refractivity (Wildman–Crippen MR) is 76.5 cm³/mol. The zero-order valence-corrected chi connectivity index (χ0v) is 11.9. The van der Waals surface area contributed by atoms with E-state index in [1.165, 1.54) is 18.2 Å². The van der Waals surface area contributed by atoms with Crippen LogP contribution in [0.15, 0.2) is 24.3 Å². The molecule has 1 aliphatic rings. The first-order valence-electron chi connectivity index (χ1n) is 7.31. The Morgan fingerprint density at radius 2 is 1.86 bits per heavy atom. The van der Waals surface area contributed by atoms with E-state index in [2.05, 4.69) is 5.32 Å². The molecule has 0 saturated heterocycles. The van der Waals surface area contributed by atoms with Crippen molar-refractivity contribution in [2.24, 2.45) is 5.41 Å². The van der Waals surface area contributed by atoms with Crippen LogP contribution < -0.4 is 5.32 Å². The Labute approximate surface area is 123 Å². The monoisotopic (exact) mass is 293 g/mol. The van der Waals surface area contributed by atoms with Gasteiger partial charge in [-0.1, -0.05) is 31.7 Å². The van der Waals surface area contributed by atoms with E-state index < -0.39 is 23.1 Å². The van der Waals surface area contributed by atoms with E-state index in [1.807, 2.05) is 0 Å². The fourth-order valence-corrected chi connectivity index (χ4v) is 2.85. The minimum Gasteiger partial charge on any atom is -0.481 e. The first kappa shape index (κ1) is 15.5. The number of amides is 1. The summed E-state index contributed by atoms with van der Waals surface area (Å²) in [6, 6.07) is 5.39. The summed E-state index contributed by atoms with van der Waals surface area (Å²) >= 11 is 0. The van der Waals surface area contributed by atoms with Gasteiger partial charge >= 0.3 is 5.97 Å². The third kappa shape index (κ3) is 3.80. The third-order valence-electron chi connectivity index (χ3n) is 4.19. The van der Waals surface area contributed by atoms with Gasteiger partial charge in [0.15, 0.2) is 0 Å². The molecule has 0 unspecified atom stereocenters. The van der Waals surface area contributed by atoms with Crippen LogP contribution in [0.5, 0.6) is 0 Å². The Bertz CT molecular complexity index is 522. The van der Waals surface area contributed by atoms with Crippen molar-refractivity contribution in [3.8, 4) is 0 Å². The molecule has 0 radical (unpaired) electrons. The molecule has 5 heteroatoms. The van der Waals surface area contributed by atoms with Gasteiger partial charge in [0.1, 0.15) is 5.82 Å². The topological polar surface area (TPSA) is 66.4 Å². The highest BCUT2D eigenvalue weighted by molar-refractivity contribution is 5.94. The fraction of sp³-hybridized carbons (Fsp3) is 0.500. The molecule has 4 nitrogen and oxygen atoms in total. The molecule has 2 rings (SSSR count). The van der Waals surface area contributed by atoms with Gasteiger partial charge in [-0.15, -0.1) is 0 Å². The van der Waals surface area contributed by atoms with Crippen LogP contribution in [-0.2, 0) is 4.79 Å². The second kappa shape index (κ2) is 6.70. The summed E-state index contributed by atoms with van der Waals surface area (Å²) in [6.07, 6.45) is 4.95. The highest BCUT2D eigenvalue weighted by Gasteiger charge is 2.38. The Kier molecular flexibility index (Phi) is 4.94. The molecule has 0 bridgehead atoms. The van der Waals surface area contributed by atoms with Gasteiger partial charge in [0.05, 0.1) is 5.41 Å². The van der Waals surface area contributed by atoms with Crippen LogP contribution in [0.1, 0.15) is 48.9 Å². The number of carboxylic acid groups (broad SMARTS) is 1. The third-order valence-corrected chi connectivity index (χ3v) is 4.19. The molecule has 1 fully saturated rings. The molecule has 0 aliphatic heterocycles. The molecule has 0 atom stereocenters. The number of carbonyl (C=O) groups is 2. The number of nitrogens with one attached hydrogen (secondary N) is 1. The second-order valence-corrected chi connectivity index (χ2v) is 5.69. The van der Waals surface area contributed by atoms with Gasteiger partial charge in [-0.05, 0) is 31.0 Å². The van der Waals surface area contributed by atoms with Crippen LogP contribution in [0.3, 0.4) is 0 Å². The molecular weight excluding hydrogens is 273 g/mol. The van der Waals surface area contributed by atoms with Gasteiger partial charge in [-0.3, -0.25) is 9.59 Å².